The summed E-state index contributed by atoms with van der Waals surface area (Å²) in [5.74, 6) is -0.654. The van der Waals surface area contributed by atoms with E-state index in [0.717, 1.165) is 63.2 Å². The Bertz CT molecular complexity index is 1790. The van der Waals surface area contributed by atoms with Gasteiger partial charge in [0.05, 0.1) is 15.3 Å². The third kappa shape index (κ3) is 4.27. The molecule has 3 fully saturated rings. The number of hydrogen-bond donors (Lipinski definition) is 2. The van der Waals surface area contributed by atoms with Crippen LogP contribution in [0.3, 0.4) is 0 Å². The molecule has 2 unspecified atom stereocenters. The standard InChI is InChI=1S/C30H30ClF2N7OS/c1-15(21-4-3-10-39(21)2)41-29-37-25-17(28(38-29)40-11-8-30(14-40)7-9-36-30)12-19(31)23(24(25)33)16-5-6-20(32)26-22(16)18(13-34)27(35)42-26/h5-6,12,15,21,36H,3-4,7-11,14,35H2,1-2H3/t15?,21-,30?/m0/s1. The molecule has 3 aliphatic heterocycles. The Kier molecular flexibility index (Phi) is 6.66. The van der Waals surface area contributed by atoms with Crippen LogP contribution in [0.15, 0.2) is 18.2 Å². The van der Waals surface area contributed by atoms with E-state index in [1.165, 1.54) is 12.1 Å². The molecule has 5 heterocycles. The molecule has 8 nitrogen and oxygen atoms in total. The van der Waals surface area contributed by atoms with E-state index in [-0.39, 0.29) is 66.0 Å². The van der Waals surface area contributed by atoms with Crippen LogP contribution in [0.2, 0.25) is 5.02 Å². The molecule has 42 heavy (non-hydrogen) atoms. The molecule has 3 N–H and O–H groups in total. The molecular formula is C30H30ClF2N7OS. The summed E-state index contributed by atoms with van der Waals surface area (Å²) in [4.78, 5) is 13.8. The van der Waals surface area contributed by atoms with Crippen molar-refractivity contribution in [2.45, 2.75) is 50.3 Å². The number of ether oxygens (including phenoxy) is 1. The van der Waals surface area contributed by atoms with Gasteiger partial charge in [-0.3, -0.25) is 4.90 Å². The maximum absolute atomic E-state index is 16.8. The molecule has 12 heteroatoms. The summed E-state index contributed by atoms with van der Waals surface area (Å²) in [5.41, 5.74) is 6.55. The van der Waals surface area contributed by atoms with Gasteiger partial charge >= 0.3 is 6.01 Å². The lowest BCUT2D eigenvalue weighted by Gasteiger charge is -2.39. The Labute approximate surface area is 251 Å². The zero-order valence-electron chi connectivity index (χ0n) is 23.3. The monoisotopic (exact) mass is 609 g/mol. The second-order valence-corrected chi connectivity index (χ2v) is 13.1. The smallest absolute Gasteiger partial charge is 0.319 e. The molecular weight excluding hydrogens is 580 g/mol. The van der Waals surface area contributed by atoms with Gasteiger partial charge in [0.25, 0.3) is 0 Å². The van der Waals surface area contributed by atoms with E-state index in [1.807, 2.05) is 13.0 Å². The van der Waals surface area contributed by atoms with Crippen LogP contribution in [0.1, 0.15) is 38.2 Å². The first-order valence-corrected chi connectivity index (χ1v) is 15.4. The minimum Gasteiger partial charge on any atom is -0.459 e. The summed E-state index contributed by atoms with van der Waals surface area (Å²) in [6, 6.07) is 6.69. The molecule has 0 aliphatic carbocycles. The summed E-state index contributed by atoms with van der Waals surface area (Å²) >= 11 is 7.77. The summed E-state index contributed by atoms with van der Waals surface area (Å²) in [5, 5.41) is 14.3. The summed E-state index contributed by atoms with van der Waals surface area (Å²) < 4.78 is 38.1. The van der Waals surface area contributed by atoms with Crippen LogP contribution < -0.4 is 20.7 Å². The lowest BCUT2D eigenvalue weighted by molar-refractivity contribution is 0.112. The molecule has 3 atom stereocenters. The van der Waals surface area contributed by atoms with E-state index in [4.69, 9.17) is 27.1 Å². The summed E-state index contributed by atoms with van der Waals surface area (Å²) in [7, 11) is 2.07. The van der Waals surface area contributed by atoms with Crippen molar-refractivity contribution < 1.29 is 13.5 Å². The van der Waals surface area contributed by atoms with E-state index in [9.17, 15) is 9.65 Å². The normalized spacial score (nSPS) is 23.1. The lowest BCUT2D eigenvalue weighted by atomic mass is 9.87. The predicted molar refractivity (Wildman–Crippen MR) is 162 cm³/mol. The number of thiophene rings is 1. The zero-order valence-corrected chi connectivity index (χ0v) is 24.9. The van der Waals surface area contributed by atoms with Crippen LogP contribution in [0.25, 0.3) is 32.1 Å². The van der Waals surface area contributed by atoms with Gasteiger partial charge in [-0.15, -0.1) is 11.3 Å². The first-order chi connectivity index (χ1) is 20.2. The van der Waals surface area contributed by atoms with Gasteiger partial charge in [-0.2, -0.15) is 15.2 Å². The number of likely N-dealkylation sites (N-methyl/N-ethyl adjacent to an activating group) is 1. The van der Waals surface area contributed by atoms with Crippen LogP contribution in [0.5, 0.6) is 6.01 Å². The molecule has 2 aromatic heterocycles. The molecule has 218 valence electrons. The van der Waals surface area contributed by atoms with Gasteiger partial charge in [0.2, 0.25) is 0 Å². The fraction of sp³-hybridized carbons (Fsp3) is 0.433. The Hall–Kier alpha value is -3.30. The van der Waals surface area contributed by atoms with Crippen molar-refractivity contribution in [2.24, 2.45) is 0 Å². The van der Waals surface area contributed by atoms with Gasteiger partial charge < -0.3 is 20.7 Å². The van der Waals surface area contributed by atoms with E-state index < -0.39 is 11.6 Å². The molecule has 4 aromatic rings. The van der Waals surface area contributed by atoms with Crippen LogP contribution in [-0.4, -0.2) is 65.8 Å². The predicted octanol–water partition coefficient (Wildman–Crippen LogP) is 5.70. The van der Waals surface area contributed by atoms with Gasteiger partial charge in [0, 0.05) is 41.0 Å². The first kappa shape index (κ1) is 27.5. The van der Waals surface area contributed by atoms with Gasteiger partial charge in [-0.25, -0.2) is 8.78 Å². The fourth-order valence-electron chi connectivity index (χ4n) is 6.86. The van der Waals surface area contributed by atoms with Crippen molar-refractivity contribution in [2.75, 3.05) is 43.9 Å². The number of nitrogens with two attached hydrogens (primary N) is 1. The van der Waals surface area contributed by atoms with Crippen LogP contribution in [-0.2, 0) is 0 Å². The molecule has 0 saturated carbocycles. The minimum absolute atomic E-state index is 0.0289. The molecule has 0 radical (unpaired) electrons. The summed E-state index contributed by atoms with van der Waals surface area (Å²) in [6.07, 6.45) is 3.90. The van der Waals surface area contributed by atoms with Crippen molar-refractivity contribution in [1.82, 2.24) is 20.2 Å². The molecule has 7 rings (SSSR count). The highest BCUT2D eigenvalue weighted by atomic mass is 35.5. The Morgan fingerprint density at radius 2 is 2.10 bits per heavy atom. The number of nitriles is 1. The summed E-state index contributed by atoms with van der Waals surface area (Å²) in [6.45, 7) is 5.45. The molecule has 0 amide bonds. The number of likely N-dealkylation sites (tertiary alicyclic amines) is 1. The number of nitrogens with zero attached hydrogens (tertiary/aromatic N) is 5. The van der Waals surface area contributed by atoms with E-state index >= 15 is 4.39 Å². The average molecular weight is 610 g/mol. The van der Waals surface area contributed by atoms with Crippen molar-refractivity contribution in [3.8, 4) is 23.2 Å². The Balaban J connectivity index is 1.41. The van der Waals surface area contributed by atoms with Crippen molar-refractivity contribution in [3.63, 3.8) is 0 Å². The lowest BCUT2D eigenvalue weighted by Crippen LogP contribution is -2.58. The number of hydrogen-bond acceptors (Lipinski definition) is 9. The van der Waals surface area contributed by atoms with Crippen LogP contribution in [0.4, 0.5) is 19.6 Å². The van der Waals surface area contributed by atoms with E-state index in [1.54, 1.807) is 6.07 Å². The maximum Gasteiger partial charge on any atom is 0.319 e. The average Bonchev–Trinajstić information content (AvgIpc) is 3.67. The largest absolute Gasteiger partial charge is 0.459 e. The third-order valence-corrected chi connectivity index (χ3v) is 10.5. The minimum atomic E-state index is -0.686. The SMILES string of the molecule is CC(Oc1nc(N2CCC3(CCN3)C2)c2cc(Cl)c(-c3ccc(F)c4sc(N)c(C#N)c34)c(F)c2n1)[C@@H]1CCCN1C. The highest BCUT2D eigenvalue weighted by molar-refractivity contribution is 7.23. The van der Waals surface area contributed by atoms with Gasteiger partial charge in [-0.1, -0.05) is 17.7 Å². The number of rotatable bonds is 5. The molecule has 1 spiro atoms. The topological polar surface area (TPSA) is 103 Å². The maximum atomic E-state index is 16.8. The fourth-order valence-corrected chi connectivity index (χ4v) is 8.11. The van der Waals surface area contributed by atoms with Crippen molar-refractivity contribution in [3.05, 3.63) is 40.4 Å². The quantitative estimate of drug-likeness (QED) is 0.297. The van der Waals surface area contributed by atoms with Crippen LogP contribution in [0, 0.1) is 23.0 Å². The first-order valence-electron chi connectivity index (χ1n) is 14.2. The highest BCUT2D eigenvalue weighted by Crippen LogP contribution is 2.46. The molecule has 2 aromatic carbocycles. The molecule has 0 bridgehead atoms. The number of anilines is 2. The van der Waals surface area contributed by atoms with Crippen molar-refractivity contribution in [1.29, 1.82) is 5.26 Å². The molecule has 3 aliphatic rings. The number of halogens is 3. The number of nitrogen functional groups attached to an aromatic ring is 1. The number of fused-ring (bicyclic) bond motifs is 2. The van der Waals surface area contributed by atoms with Crippen molar-refractivity contribution >= 4 is 54.7 Å². The van der Waals surface area contributed by atoms with Gasteiger partial charge in [0.1, 0.15) is 34.3 Å². The molecule has 3 saturated heterocycles. The number of benzene rings is 2. The van der Waals surface area contributed by atoms with Crippen LogP contribution >= 0.6 is 22.9 Å². The van der Waals surface area contributed by atoms with Gasteiger partial charge in [-0.05, 0) is 70.4 Å². The Morgan fingerprint density at radius 1 is 1.29 bits per heavy atom. The van der Waals surface area contributed by atoms with E-state index in [0.29, 0.717) is 11.2 Å². The van der Waals surface area contributed by atoms with E-state index in [2.05, 4.69) is 27.1 Å². The second-order valence-electron chi connectivity index (χ2n) is 11.7. The second kappa shape index (κ2) is 10.2. The third-order valence-electron chi connectivity index (χ3n) is 9.21. The number of nitrogens with one attached hydrogen (secondary N) is 1. The zero-order chi connectivity index (χ0) is 29.3. The Morgan fingerprint density at radius 3 is 2.76 bits per heavy atom. The highest BCUT2D eigenvalue weighted by Gasteiger charge is 2.43. The van der Waals surface area contributed by atoms with Gasteiger partial charge in [0.15, 0.2) is 5.82 Å². The number of aromatic nitrogens is 2.